The molecular formula is C14H20FNO4S. The van der Waals surface area contributed by atoms with Crippen LogP contribution in [0.5, 0.6) is 5.75 Å². The van der Waals surface area contributed by atoms with Crippen LogP contribution < -0.4 is 4.74 Å². The first-order valence-corrected chi connectivity index (χ1v) is 8.72. The zero-order valence-electron chi connectivity index (χ0n) is 12.0. The van der Waals surface area contributed by atoms with Gasteiger partial charge in [-0.25, -0.2) is 17.1 Å². The molecule has 0 bridgehead atoms. The molecule has 0 aliphatic carbocycles. The molecule has 21 heavy (non-hydrogen) atoms. The third-order valence-electron chi connectivity index (χ3n) is 3.60. The Morgan fingerprint density at radius 3 is 2.86 bits per heavy atom. The normalized spacial score (nSPS) is 20.4. The molecule has 1 atom stereocenters. The lowest BCUT2D eigenvalue weighted by molar-refractivity contribution is 0.176. The lowest BCUT2D eigenvalue weighted by Gasteiger charge is -2.30. The van der Waals surface area contributed by atoms with E-state index in [1.807, 2.05) is 0 Å². The van der Waals surface area contributed by atoms with Crippen LogP contribution in [0.2, 0.25) is 0 Å². The van der Waals surface area contributed by atoms with Gasteiger partial charge in [0.25, 0.3) is 0 Å². The van der Waals surface area contributed by atoms with E-state index in [1.165, 1.54) is 22.7 Å². The third kappa shape index (κ3) is 4.39. The quantitative estimate of drug-likeness (QED) is 0.891. The number of sulfonamides is 1. The van der Waals surface area contributed by atoms with E-state index in [0.29, 0.717) is 18.7 Å². The largest absolute Gasteiger partial charge is 0.490 e. The number of halogens is 1. The van der Waals surface area contributed by atoms with E-state index in [-0.39, 0.29) is 24.9 Å². The highest BCUT2D eigenvalue weighted by atomic mass is 32.2. The maximum Gasteiger partial charge on any atom is 0.211 e. The minimum atomic E-state index is -3.18. The summed E-state index contributed by atoms with van der Waals surface area (Å²) in [5.74, 6) is -0.327. The molecule has 1 aliphatic heterocycles. The Morgan fingerprint density at radius 1 is 1.48 bits per heavy atom. The molecule has 0 aromatic heterocycles. The molecule has 0 saturated carbocycles. The molecule has 1 fully saturated rings. The predicted octanol–water partition coefficient (Wildman–Crippen LogP) is 1.37. The third-order valence-corrected chi connectivity index (χ3v) is 4.87. The number of piperidine rings is 1. The molecular weight excluding hydrogens is 297 g/mol. The van der Waals surface area contributed by atoms with E-state index < -0.39 is 15.8 Å². The zero-order chi connectivity index (χ0) is 15.5. The van der Waals surface area contributed by atoms with Gasteiger partial charge in [0.15, 0.2) is 11.6 Å². The Balaban J connectivity index is 1.94. The van der Waals surface area contributed by atoms with Crippen molar-refractivity contribution in [1.82, 2.24) is 4.31 Å². The fourth-order valence-electron chi connectivity index (χ4n) is 2.43. The average molecular weight is 317 g/mol. The summed E-state index contributed by atoms with van der Waals surface area (Å²) in [6, 6.07) is 4.32. The van der Waals surface area contributed by atoms with Gasteiger partial charge in [-0.2, -0.15) is 0 Å². The van der Waals surface area contributed by atoms with Gasteiger partial charge in [0.05, 0.1) is 19.5 Å². The highest BCUT2D eigenvalue weighted by molar-refractivity contribution is 7.88. The van der Waals surface area contributed by atoms with E-state index in [9.17, 15) is 12.8 Å². The summed E-state index contributed by atoms with van der Waals surface area (Å²) in [5, 5.41) is 8.92. The molecule has 1 heterocycles. The van der Waals surface area contributed by atoms with Crippen LogP contribution >= 0.6 is 0 Å². The summed E-state index contributed by atoms with van der Waals surface area (Å²) in [7, 11) is -3.18. The van der Waals surface area contributed by atoms with Gasteiger partial charge < -0.3 is 9.84 Å². The number of ether oxygens (including phenoxy) is 1. The molecule has 5 nitrogen and oxygen atoms in total. The SMILES string of the molecule is CS(=O)(=O)N1CCCC(COc2ccc(CO)cc2F)C1. The lowest BCUT2D eigenvalue weighted by atomic mass is 10.0. The van der Waals surface area contributed by atoms with Gasteiger partial charge in [-0.3, -0.25) is 0 Å². The van der Waals surface area contributed by atoms with Gasteiger partial charge in [0.1, 0.15) is 0 Å². The standard InChI is InChI=1S/C14H20FNO4S/c1-21(18,19)16-6-2-3-12(8-16)10-20-14-5-4-11(9-17)7-13(14)15/h4-5,7,12,17H,2-3,6,8-10H2,1H3. The maximum absolute atomic E-state index is 13.7. The second-order valence-corrected chi connectivity index (χ2v) is 7.35. The summed E-state index contributed by atoms with van der Waals surface area (Å²) in [6.45, 7) is 1.01. The van der Waals surface area contributed by atoms with Crippen molar-refractivity contribution in [3.63, 3.8) is 0 Å². The summed E-state index contributed by atoms with van der Waals surface area (Å²) in [5.41, 5.74) is 0.487. The monoisotopic (exact) mass is 317 g/mol. The number of nitrogens with zero attached hydrogens (tertiary/aromatic N) is 1. The summed E-state index contributed by atoms with van der Waals surface area (Å²) in [6.07, 6.45) is 2.85. The molecule has 1 aliphatic rings. The van der Waals surface area contributed by atoms with Crippen molar-refractivity contribution in [3.8, 4) is 5.75 Å². The number of rotatable bonds is 5. The van der Waals surface area contributed by atoms with Crippen LogP contribution in [-0.2, 0) is 16.6 Å². The van der Waals surface area contributed by atoms with Crippen molar-refractivity contribution in [1.29, 1.82) is 0 Å². The number of aliphatic hydroxyl groups excluding tert-OH is 1. The van der Waals surface area contributed by atoms with Crippen molar-refractivity contribution in [2.24, 2.45) is 5.92 Å². The molecule has 0 spiro atoms. The van der Waals surface area contributed by atoms with Crippen LogP contribution in [0.4, 0.5) is 4.39 Å². The van der Waals surface area contributed by atoms with Crippen LogP contribution in [0.15, 0.2) is 18.2 Å². The molecule has 1 N–H and O–H groups in total. The lowest BCUT2D eigenvalue weighted by Crippen LogP contribution is -2.40. The van der Waals surface area contributed by atoms with Gasteiger partial charge in [0, 0.05) is 19.0 Å². The highest BCUT2D eigenvalue weighted by Crippen LogP contribution is 2.23. The molecule has 1 saturated heterocycles. The summed E-state index contributed by atoms with van der Waals surface area (Å²) in [4.78, 5) is 0. The van der Waals surface area contributed by atoms with Gasteiger partial charge in [-0.1, -0.05) is 6.07 Å². The first kappa shape index (κ1) is 16.2. The zero-order valence-corrected chi connectivity index (χ0v) is 12.8. The summed E-state index contributed by atoms with van der Waals surface area (Å²) < 4.78 is 43.7. The molecule has 7 heteroatoms. The maximum atomic E-state index is 13.7. The number of benzene rings is 1. The van der Waals surface area contributed by atoms with Gasteiger partial charge in [-0.05, 0) is 30.5 Å². The Hall–Kier alpha value is -1.18. The number of hydrogen-bond donors (Lipinski definition) is 1. The van der Waals surface area contributed by atoms with Crippen molar-refractivity contribution in [3.05, 3.63) is 29.6 Å². The average Bonchev–Trinajstić information content (AvgIpc) is 2.45. The molecule has 118 valence electrons. The first-order chi connectivity index (χ1) is 9.90. The summed E-state index contributed by atoms with van der Waals surface area (Å²) >= 11 is 0. The molecule has 1 aromatic rings. The topological polar surface area (TPSA) is 66.8 Å². The minimum absolute atomic E-state index is 0.0605. The van der Waals surface area contributed by atoms with Gasteiger partial charge in [-0.15, -0.1) is 0 Å². The fourth-order valence-corrected chi connectivity index (χ4v) is 3.37. The smallest absolute Gasteiger partial charge is 0.211 e. The first-order valence-electron chi connectivity index (χ1n) is 6.87. The van der Waals surface area contributed by atoms with Crippen molar-refractivity contribution in [2.45, 2.75) is 19.4 Å². The Labute approximate surface area is 124 Å². The Morgan fingerprint density at radius 2 is 2.24 bits per heavy atom. The van der Waals surface area contributed by atoms with E-state index in [4.69, 9.17) is 9.84 Å². The van der Waals surface area contributed by atoms with Crippen LogP contribution in [0.1, 0.15) is 18.4 Å². The van der Waals surface area contributed by atoms with Crippen LogP contribution in [0, 0.1) is 11.7 Å². The molecule has 1 unspecified atom stereocenters. The molecule has 1 aromatic carbocycles. The van der Waals surface area contributed by atoms with E-state index in [2.05, 4.69) is 0 Å². The fraction of sp³-hybridized carbons (Fsp3) is 0.571. The highest BCUT2D eigenvalue weighted by Gasteiger charge is 2.26. The van der Waals surface area contributed by atoms with E-state index in [1.54, 1.807) is 6.07 Å². The second kappa shape index (κ2) is 6.72. The van der Waals surface area contributed by atoms with Crippen molar-refractivity contribution in [2.75, 3.05) is 26.0 Å². The van der Waals surface area contributed by atoms with Crippen molar-refractivity contribution < 1.29 is 22.7 Å². The molecule has 0 amide bonds. The second-order valence-electron chi connectivity index (χ2n) is 5.36. The molecule has 0 radical (unpaired) electrons. The Bertz CT molecular complexity index is 591. The van der Waals surface area contributed by atoms with Crippen LogP contribution in [0.25, 0.3) is 0 Å². The van der Waals surface area contributed by atoms with Gasteiger partial charge >= 0.3 is 0 Å². The Kier molecular flexibility index (Phi) is 5.18. The number of hydrogen-bond acceptors (Lipinski definition) is 4. The van der Waals surface area contributed by atoms with E-state index in [0.717, 1.165) is 12.8 Å². The number of aliphatic hydroxyl groups is 1. The van der Waals surface area contributed by atoms with Crippen LogP contribution in [-0.4, -0.2) is 43.8 Å². The van der Waals surface area contributed by atoms with Gasteiger partial charge in [0.2, 0.25) is 10.0 Å². The molecule has 2 rings (SSSR count). The minimum Gasteiger partial charge on any atom is -0.490 e. The van der Waals surface area contributed by atoms with Crippen LogP contribution in [0.3, 0.4) is 0 Å². The van der Waals surface area contributed by atoms with E-state index >= 15 is 0 Å². The predicted molar refractivity (Wildman–Crippen MR) is 77.0 cm³/mol. The van der Waals surface area contributed by atoms with Crippen molar-refractivity contribution >= 4 is 10.0 Å².